The third-order valence-corrected chi connectivity index (χ3v) is 2.83. The van der Waals surface area contributed by atoms with E-state index in [1.807, 2.05) is 45.3 Å². The molecule has 0 aliphatic heterocycles. The van der Waals surface area contributed by atoms with Crippen molar-refractivity contribution in [3.63, 3.8) is 0 Å². The first kappa shape index (κ1) is 13.5. The Kier molecular flexibility index (Phi) is 4.10. The fourth-order valence-electron chi connectivity index (χ4n) is 1.90. The Bertz CT molecular complexity index is 516. The Morgan fingerprint density at radius 1 is 1.11 bits per heavy atom. The van der Waals surface area contributed by atoms with Crippen LogP contribution in [-0.4, -0.2) is 15.9 Å². The van der Waals surface area contributed by atoms with Crippen LogP contribution in [0.4, 0.5) is 5.82 Å². The lowest BCUT2D eigenvalue weighted by atomic mass is 10.1. The second-order valence-electron chi connectivity index (χ2n) is 4.98. The van der Waals surface area contributed by atoms with E-state index in [0.717, 1.165) is 11.6 Å². The topological polar surface area (TPSA) is 39.1 Å². The first-order chi connectivity index (χ1) is 9.04. The monoisotopic (exact) mass is 259 g/mol. The molecule has 0 fully saturated rings. The first-order valence-corrected chi connectivity index (χ1v) is 6.57. The fraction of sp³-hybridized carbons (Fsp3) is 0.400. The lowest BCUT2D eigenvalue weighted by Crippen LogP contribution is -2.08. The van der Waals surface area contributed by atoms with E-state index in [-0.39, 0.29) is 12.1 Å². The molecule has 0 radical (unpaired) electrons. The van der Waals surface area contributed by atoms with Crippen molar-refractivity contribution in [2.75, 3.05) is 5.32 Å². The minimum absolute atomic E-state index is 0.204. The van der Waals surface area contributed by atoms with Crippen molar-refractivity contribution in [1.82, 2.24) is 9.78 Å². The van der Waals surface area contributed by atoms with Gasteiger partial charge in [0.25, 0.3) is 0 Å². The van der Waals surface area contributed by atoms with E-state index in [1.165, 1.54) is 5.56 Å². The van der Waals surface area contributed by atoms with Crippen molar-refractivity contribution < 1.29 is 4.74 Å². The molecule has 19 heavy (non-hydrogen) atoms. The van der Waals surface area contributed by atoms with Gasteiger partial charge in [0, 0.05) is 19.3 Å². The van der Waals surface area contributed by atoms with Crippen LogP contribution in [0.2, 0.25) is 0 Å². The zero-order chi connectivity index (χ0) is 13.8. The molecule has 1 N–H and O–H groups in total. The molecule has 0 aliphatic rings. The zero-order valence-electron chi connectivity index (χ0n) is 11.9. The molecular weight excluding hydrogens is 238 g/mol. The Labute approximate surface area is 114 Å². The van der Waals surface area contributed by atoms with Gasteiger partial charge in [-0.3, -0.25) is 4.68 Å². The number of nitrogens with zero attached hydrogens (tertiary/aromatic N) is 2. The SMILES string of the molecule is CC(C)Oc1ccc(C(C)Nc2ccn(C)n2)cc1. The van der Waals surface area contributed by atoms with Crippen LogP contribution in [-0.2, 0) is 7.05 Å². The van der Waals surface area contributed by atoms with Crippen molar-refractivity contribution in [2.24, 2.45) is 7.05 Å². The summed E-state index contributed by atoms with van der Waals surface area (Å²) >= 11 is 0. The smallest absolute Gasteiger partial charge is 0.148 e. The summed E-state index contributed by atoms with van der Waals surface area (Å²) in [6.07, 6.45) is 2.13. The van der Waals surface area contributed by atoms with Crippen LogP contribution in [0, 0.1) is 0 Å². The van der Waals surface area contributed by atoms with Gasteiger partial charge in [-0.1, -0.05) is 12.1 Å². The average Bonchev–Trinajstić information content (AvgIpc) is 2.75. The van der Waals surface area contributed by atoms with Crippen molar-refractivity contribution in [3.8, 4) is 5.75 Å². The summed E-state index contributed by atoms with van der Waals surface area (Å²) in [5, 5.41) is 7.68. The predicted octanol–water partition coefficient (Wildman–Crippen LogP) is 3.38. The number of ether oxygens (including phenoxy) is 1. The highest BCUT2D eigenvalue weighted by Crippen LogP contribution is 2.21. The molecule has 2 aromatic rings. The summed E-state index contributed by atoms with van der Waals surface area (Å²) in [4.78, 5) is 0. The van der Waals surface area contributed by atoms with Gasteiger partial charge in [-0.15, -0.1) is 0 Å². The van der Waals surface area contributed by atoms with Crippen LogP contribution in [0.3, 0.4) is 0 Å². The van der Waals surface area contributed by atoms with E-state index in [0.29, 0.717) is 0 Å². The summed E-state index contributed by atoms with van der Waals surface area (Å²) in [5.74, 6) is 1.79. The Balaban J connectivity index is 2.01. The lowest BCUT2D eigenvalue weighted by Gasteiger charge is -2.15. The second-order valence-corrected chi connectivity index (χ2v) is 4.98. The predicted molar refractivity (Wildman–Crippen MR) is 77.5 cm³/mol. The standard InChI is InChI=1S/C15H21N3O/c1-11(2)19-14-7-5-13(6-8-14)12(3)16-15-9-10-18(4)17-15/h5-12H,1-4H3,(H,16,17). The highest BCUT2D eigenvalue weighted by atomic mass is 16.5. The maximum absolute atomic E-state index is 5.63. The molecule has 0 spiro atoms. The molecule has 0 saturated heterocycles. The highest BCUT2D eigenvalue weighted by Gasteiger charge is 2.07. The van der Waals surface area contributed by atoms with Crippen LogP contribution in [0.5, 0.6) is 5.75 Å². The van der Waals surface area contributed by atoms with E-state index in [2.05, 4.69) is 29.5 Å². The summed E-state index contributed by atoms with van der Waals surface area (Å²) < 4.78 is 7.42. The Morgan fingerprint density at radius 3 is 2.32 bits per heavy atom. The van der Waals surface area contributed by atoms with Crippen LogP contribution >= 0.6 is 0 Å². The number of rotatable bonds is 5. The third kappa shape index (κ3) is 3.74. The van der Waals surface area contributed by atoms with Gasteiger partial charge in [-0.2, -0.15) is 5.10 Å². The van der Waals surface area contributed by atoms with Gasteiger partial charge in [0.2, 0.25) is 0 Å². The summed E-state index contributed by atoms with van der Waals surface area (Å²) in [7, 11) is 1.91. The number of hydrogen-bond acceptors (Lipinski definition) is 3. The molecule has 0 aliphatic carbocycles. The van der Waals surface area contributed by atoms with E-state index < -0.39 is 0 Å². The first-order valence-electron chi connectivity index (χ1n) is 6.57. The number of nitrogens with one attached hydrogen (secondary N) is 1. The number of aryl methyl sites for hydroxylation is 1. The van der Waals surface area contributed by atoms with E-state index in [9.17, 15) is 0 Å². The molecule has 1 atom stereocenters. The molecule has 0 saturated carbocycles. The molecule has 4 nitrogen and oxygen atoms in total. The minimum atomic E-state index is 0.204. The maximum atomic E-state index is 5.63. The summed E-state index contributed by atoms with van der Waals surface area (Å²) in [6, 6.07) is 10.4. The Hall–Kier alpha value is -1.97. The second kappa shape index (κ2) is 5.78. The molecule has 0 bridgehead atoms. The zero-order valence-corrected chi connectivity index (χ0v) is 11.9. The number of benzene rings is 1. The summed E-state index contributed by atoms with van der Waals surface area (Å²) in [5.41, 5.74) is 1.21. The van der Waals surface area contributed by atoms with Gasteiger partial charge in [0.1, 0.15) is 11.6 Å². The van der Waals surface area contributed by atoms with Gasteiger partial charge in [-0.05, 0) is 38.5 Å². The molecule has 4 heteroatoms. The van der Waals surface area contributed by atoms with Crippen LogP contribution in [0.25, 0.3) is 0 Å². The minimum Gasteiger partial charge on any atom is -0.491 e. The molecule has 1 heterocycles. The normalized spacial score (nSPS) is 12.5. The molecule has 1 aromatic carbocycles. The molecule has 2 rings (SSSR count). The van der Waals surface area contributed by atoms with Crippen LogP contribution < -0.4 is 10.1 Å². The quantitative estimate of drug-likeness (QED) is 0.894. The van der Waals surface area contributed by atoms with E-state index >= 15 is 0 Å². The maximum Gasteiger partial charge on any atom is 0.148 e. The van der Waals surface area contributed by atoms with Crippen molar-refractivity contribution in [2.45, 2.75) is 32.9 Å². The number of anilines is 1. The molecular formula is C15H21N3O. The fourth-order valence-corrected chi connectivity index (χ4v) is 1.90. The van der Waals surface area contributed by atoms with Gasteiger partial charge in [0.05, 0.1) is 12.1 Å². The van der Waals surface area contributed by atoms with Crippen LogP contribution in [0.1, 0.15) is 32.4 Å². The van der Waals surface area contributed by atoms with Gasteiger partial charge < -0.3 is 10.1 Å². The molecule has 1 unspecified atom stereocenters. The molecule has 1 aromatic heterocycles. The largest absolute Gasteiger partial charge is 0.491 e. The van der Waals surface area contributed by atoms with Crippen LogP contribution in [0.15, 0.2) is 36.5 Å². The van der Waals surface area contributed by atoms with Gasteiger partial charge in [0.15, 0.2) is 0 Å². The highest BCUT2D eigenvalue weighted by molar-refractivity contribution is 5.38. The average molecular weight is 259 g/mol. The third-order valence-electron chi connectivity index (χ3n) is 2.83. The van der Waals surface area contributed by atoms with Gasteiger partial charge >= 0.3 is 0 Å². The van der Waals surface area contributed by atoms with Crippen molar-refractivity contribution in [3.05, 3.63) is 42.1 Å². The van der Waals surface area contributed by atoms with E-state index in [4.69, 9.17) is 4.74 Å². The summed E-state index contributed by atoms with van der Waals surface area (Å²) in [6.45, 7) is 6.17. The van der Waals surface area contributed by atoms with E-state index in [1.54, 1.807) is 4.68 Å². The lowest BCUT2D eigenvalue weighted by molar-refractivity contribution is 0.242. The Morgan fingerprint density at radius 2 is 1.79 bits per heavy atom. The van der Waals surface area contributed by atoms with Crippen molar-refractivity contribution in [1.29, 1.82) is 0 Å². The van der Waals surface area contributed by atoms with Crippen molar-refractivity contribution >= 4 is 5.82 Å². The number of aromatic nitrogens is 2. The molecule has 102 valence electrons. The van der Waals surface area contributed by atoms with Gasteiger partial charge in [-0.25, -0.2) is 0 Å². The number of hydrogen-bond donors (Lipinski definition) is 1. The molecule has 0 amide bonds.